The average Bonchev–Trinajstić information content (AvgIpc) is 2.81. The van der Waals surface area contributed by atoms with Crippen molar-refractivity contribution in [1.29, 1.82) is 0 Å². The molecule has 0 fully saturated rings. The van der Waals surface area contributed by atoms with E-state index in [0.29, 0.717) is 13.2 Å². The van der Waals surface area contributed by atoms with Crippen molar-refractivity contribution in [2.45, 2.75) is 19.9 Å². The van der Waals surface area contributed by atoms with Crippen molar-refractivity contribution in [3.63, 3.8) is 0 Å². The van der Waals surface area contributed by atoms with Crippen molar-refractivity contribution in [2.75, 3.05) is 11.9 Å². The lowest BCUT2D eigenvalue weighted by molar-refractivity contribution is 0.318. The number of aryl methyl sites for hydroxylation is 1. The van der Waals surface area contributed by atoms with Gasteiger partial charge in [-0.3, -0.25) is 4.68 Å². The van der Waals surface area contributed by atoms with Crippen molar-refractivity contribution in [2.24, 2.45) is 7.05 Å². The number of nitrogens with one attached hydrogen (secondary N) is 1. The van der Waals surface area contributed by atoms with Crippen LogP contribution >= 0.6 is 0 Å². The zero-order chi connectivity index (χ0) is 12.8. The molecule has 0 aromatic carbocycles. The Balaban J connectivity index is 1.99. The van der Waals surface area contributed by atoms with E-state index in [1.807, 2.05) is 31.4 Å². The molecule has 0 unspecified atom stereocenters. The van der Waals surface area contributed by atoms with E-state index in [0.717, 1.165) is 23.7 Å². The van der Waals surface area contributed by atoms with Crippen LogP contribution in [0.1, 0.15) is 19.0 Å². The highest BCUT2D eigenvalue weighted by atomic mass is 16.5. The van der Waals surface area contributed by atoms with E-state index in [-0.39, 0.29) is 0 Å². The topological polar surface area (TPSA) is 52.0 Å². The number of rotatable bonds is 6. The number of anilines is 1. The summed E-state index contributed by atoms with van der Waals surface area (Å²) in [6, 6.07) is 5.77. The van der Waals surface area contributed by atoms with Crippen molar-refractivity contribution >= 4 is 5.82 Å². The van der Waals surface area contributed by atoms with Gasteiger partial charge in [0.15, 0.2) is 11.6 Å². The normalized spacial score (nSPS) is 10.3. The molecule has 0 amide bonds. The third-order valence-corrected chi connectivity index (χ3v) is 2.44. The summed E-state index contributed by atoms with van der Waals surface area (Å²) in [5, 5.41) is 7.54. The van der Waals surface area contributed by atoms with Crippen LogP contribution in [-0.2, 0) is 13.6 Å². The molecule has 0 radical (unpaired) electrons. The Morgan fingerprint density at radius 2 is 2.28 bits per heavy atom. The molecule has 18 heavy (non-hydrogen) atoms. The monoisotopic (exact) mass is 246 g/mol. The lowest BCUT2D eigenvalue weighted by Crippen LogP contribution is -2.06. The Morgan fingerprint density at radius 3 is 3.00 bits per heavy atom. The summed E-state index contributed by atoms with van der Waals surface area (Å²) in [5.41, 5.74) is 0.976. The molecular formula is C13H18N4O. The van der Waals surface area contributed by atoms with Crippen LogP contribution in [0.25, 0.3) is 0 Å². The maximum absolute atomic E-state index is 5.63. The number of ether oxygens (including phenoxy) is 1. The number of hydrogen-bond donors (Lipinski definition) is 1. The molecule has 96 valence electrons. The minimum Gasteiger partial charge on any atom is -0.490 e. The number of nitrogens with zero attached hydrogens (tertiary/aromatic N) is 3. The average molecular weight is 246 g/mol. The van der Waals surface area contributed by atoms with Crippen molar-refractivity contribution in [3.05, 3.63) is 36.3 Å². The van der Waals surface area contributed by atoms with Crippen molar-refractivity contribution in [3.8, 4) is 5.75 Å². The second-order valence-corrected chi connectivity index (χ2v) is 4.03. The van der Waals surface area contributed by atoms with Crippen molar-refractivity contribution < 1.29 is 4.74 Å². The Bertz CT molecular complexity index is 495. The van der Waals surface area contributed by atoms with E-state index in [1.54, 1.807) is 10.9 Å². The Kier molecular flexibility index (Phi) is 4.17. The molecule has 1 N–H and O–H groups in total. The summed E-state index contributed by atoms with van der Waals surface area (Å²) in [7, 11) is 1.90. The molecule has 0 bridgehead atoms. The predicted molar refractivity (Wildman–Crippen MR) is 70.6 cm³/mol. The van der Waals surface area contributed by atoms with E-state index >= 15 is 0 Å². The van der Waals surface area contributed by atoms with Gasteiger partial charge >= 0.3 is 0 Å². The molecule has 2 aromatic rings. The molecule has 0 aliphatic rings. The molecule has 2 aromatic heterocycles. The van der Waals surface area contributed by atoms with Crippen LogP contribution in [-0.4, -0.2) is 21.4 Å². The van der Waals surface area contributed by atoms with Gasteiger partial charge in [0.1, 0.15) is 0 Å². The fourth-order valence-electron chi connectivity index (χ4n) is 1.58. The molecule has 0 aliphatic heterocycles. The summed E-state index contributed by atoms with van der Waals surface area (Å²) in [6.45, 7) is 3.42. The number of pyridine rings is 1. The van der Waals surface area contributed by atoms with Crippen LogP contribution in [0.4, 0.5) is 5.82 Å². The van der Waals surface area contributed by atoms with Crippen LogP contribution < -0.4 is 10.1 Å². The van der Waals surface area contributed by atoms with Crippen LogP contribution in [0, 0.1) is 0 Å². The highest BCUT2D eigenvalue weighted by Gasteiger charge is 2.04. The van der Waals surface area contributed by atoms with Gasteiger partial charge in [-0.15, -0.1) is 0 Å². The SMILES string of the molecule is CCCOc1cccnc1NCc1ccn(C)n1. The summed E-state index contributed by atoms with van der Waals surface area (Å²) < 4.78 is 7.41. The predicted octanol–water partition coefficient (Wildman–Crippen LogP) is 2.22. The third-order valence-electron chi connectivity index (χ3n) is 2.44. The van der Waals surface area contributed by atoms with Gasteiger partial charge in [-0.1, -0.05) is 6.92 Å². The number of hydrogen-bond acceptors (Lipinski definition) is 4. The third kappa shape index (κ3) is 3.23. The summed E-state index contributed by atoms with van der Waals surface area (Å²) >= 11 is 0. The molecule has 0 saturated carbocycles. The summed E-state index contributed by atoms with van der Waals surface area (Å²) in [4.78, 5) is 4.28. The highest BCUT2D eigenvalue weighted by Crippen LogP contribution is 2.21. The van der Waals surface area contributed by atoms with Crippen LogP contribution in [0.15, 0.2) is 30.6 Å². The van der Waals surface area contributed by atoms with Crippen LogP contribution in [0.3, 0.4) is 0 Å². The molecule has 0 saturated heterocycles. The second-order valence-electron chi connectivity index (χ2n) is 4.03. The minimum atomic E-state index is 0.639. The molecule has 0 atom stereocenters. The van der Waals surface area contributed by atoms with E-state index in [2.05, 4.69) is 22.3 Å². The van der Waals surface area contributed by atoms with Crippen molar-refractivity contribution in [1.82, 2.24) is 14.8 Å². The van der Waals surface area contributed by atoms with Gasteiger partial charge in [0.05, 0.1) is 18.8 Å². The van der Waals surface area contributed by atoms with E-state index in [4.69, 9.17) is 4.74 Å². The molecule has 5 heteroatoms. The smallest absolute Gasteiger partial charge is 0.169 e. The first-order chi connectivity index (χ1) is 8.79. The maximum Gasteiger partial charge on any atom is 0.169 e. The first kappa shape index (κ1) is 12.4. The van der Waals surface area contributed by atoms with Gasteiger partial charge in [-0.05, 0) is 24.6 Å². The van der Waals surface area contributed by atoms with E-state index in [1.165, 1.54) is 0 Å². The van der Waals surface area contributed by atoms with Gasteiger partial charge in [0.25, 0.3) is 0 Å². The molecule has 0 spiro atoms. The minimum absolute atomic E-state index is 0.639. The Labute approximate surface area is 107 Å². The lowest BCUT2D eigenvalue weighted by Gasteiger charge is -2.10. The van der Waals surface area contributed by atoms with Gasteiger partial charge in [-0.2, -0.15) is 5.10 Å². The summed E-state index contributed by atoms with van der Waals surface area (Å²) in [5.74, 6) is 1.55. The zero-order valence-corrected chi connectivity index (χ0v) is 10.8. The maximum atomic E-state index is 5.63. The lowest BCUT2D eigenvalue weighted by atomic mass is 10.4. The zero-order valence-electron chi connectivity index (χ0n) is 10.8. The molecule has 5 nitrogen and oxygen atoms in total. The Hall–Kier alpha value is -2.04. The summed E-state index contributed by atoms with van der Waals surface area (Å²) in [6.07, 6.45) is 4.65. The molecular weight excluding hydrogens is 228 g/mol. The quantitative estimate of drug-likeness (QED) is 0.849. The fraction of sp³-hybridized carbons (Fsp3) is 0.385. The highest BCUT2D eigenvalue weighted by molar-refractivity contribution is 5.49. The van der Waals surface area contributed by atoms with Gasteiger partial charge in [0.2, 0.25) is 0 Å². The number of aromatic nitrogens is 3. The van der Waals surface area contributed by atoms with E-state index in [9.17, 15) is 0 Å². The molecule has 2 rings (SSSR count). The largest absolute Gasteiger partial charge is 0.490 e. The molecule has 0 aliphatic carbocycles. The fourth-order valence-corrected chi connectivity index (χ4v) is 1.58. The van der Waals surface area contributed by atoms with Gasteiger partial charge < -0.3 is 10.1 Å². The Morgan fingerprint density at radius 1 is 1.39 bits per heavy atom. The van der Waals surface area contributed by atoms with Crippen LogP contribution in [0.2, 0.25) is 0 Å². The first-order valence-electron chi connectivity index (χ1n) is 6.10. The van der Waals surface area contributed by atoms with E-state index < -0.39 is 0 Å². The van der Waals surface area contributed by atoms with Gasteiger partial charge in [0, 0.05) is 19.4 Å². The second kappa shape index (κ2) is 6.05. The first-order valence-corrected chi connectivity index (χ1v) is 6.10. The standard InChI is InChI=1S/C13H18N4O/c1-3-9-18-12-5-4-7-14-13(12)15-10-11-6-8-17(2)16-11/h4-8H,3,9-10H2,1-2H3,(H,14,15). The van der Waals surface area contributed by atoms with Crippen LogP contribution in [0.5, 0.6) is 5.75 Å². The van der Waals surface area contributed by atoms with Gasteiger partial charge in [-0.25, -0.2) is 4.98 Å². The molecule has 2 heterocycles.